The second-order valence-corrected chi connectivity index (χ2v) is 5.21. The van der Waals surface area contributed by atoms with Crippen molar-refractivity contribution >= 4 is 23.5 Å². The number of aryl methyl sites for hydroxylation is 1. The topological polar surface area (TPSA) is 75.7 Å². The number of hydrogen-bond donors (Lipinski definition) is 1. The molecule has 6 heteroatoms. The van der Waals surface area contributed by atoms with E-state index < -0.39 is 11.9 Å². The first-order chi connectivity index (χ1) is 10.5. The molecule has 22 heavy (non-hydrogen) atoms. The molecular formula is C16H20N2O4. The number of para-hydroxylation sites is 1. The number of nitrogens with one attached hydrogen (secondary N) is 1. The van der Waals surface area contributed by atoms with Gasteiger partial charge >= 0.3 is 5.97 Å². The number of amides is 2. The number of nitrogens with zero attached hydrogens (tertiary/aromatic N) is 1. The normalized spacial score (nSPS) is 17.5. The second kappa shape index (κ2) is 7.06. The quantitative estimate of drug-likeness (QED) is 0.824. The Morgan fingerprint density at radius 2 is 2.09 bits per heavy atom. The molecule has 1 N–H and O–H groups in total. The van der Waals surface area contributed by atoms with Crippen LogP contribution in [0.5, 0.6) is 0 Å². The molecule has 2 amide bonds. The molecule has 1 aromatic rings. The fourth-order valence-electron chi connectivity index (χ4n) is 2.50. The summed E-state index contributed by atoms with van der Waals surface area (Å²) in [6, 6.07) is 7.57. The average molecular weight is 304 g/mol. The summed E-state index contributed by atoms with van der Waals surface area (Å²) in [5.41, 5.74) is 1.82. The molecule has 1 aromatic carbocycles. The maximum atomic E-state index is 12.1. The lowest BCUT2D eigenvalue weighted by Gasteiger charge is -2.18. The Bertz CT molecular complexity index is 585. The Hall–Kier alpha value is -2.37. The summed E-state index contributed by atoms with van der Waals surface area (Å²) >= 11 is 0. The van der Waals surface area contributed by atoms with Gasteiger partial charge in [-0.2, -0.15) is 0 Å². The van der Waals surface area contributed by atoms with E-state index in [0.717, 1.165) is 11.3 Å². The Morgan fingerprint density at radius 1 is 1.36 bits per heavy atom. The number of hydrogen-bond acceptors (Lipinski definition) is 4. The minimum Gasteiger partial charge on any atom is -0.465 e. The SMILES string of the molecule is CCOC(=O)CNC(=O)[C@@H]1CC(=O)N(c2ccccc2C)C1. The Morgan fingerprint density at radius 3 is 2.77 bits per heavy atom. The highest BCUT2D eigenvalue weighted by molar-refractivity contribution is 6.01. The Kier molecular flexibility index (Phi) is 5.14. The lowest BCUT2D eigenvalue weighted by Crippen LogP contribution is -2.36. The second-order valence-electron chi connectivity index (χ2n) is 5.21. The van der Waals surface area contributed by atoms with E-state index >= 15 is 0 Å². The van der Waals surface area contributed by atoms with E-state index in [1.54, 1.807) is 11.8 Å². The predicted molar refractivity (Wildman–Crippen MR) is 81.3 cm³/mol. The van der Waals surface area contributed by atoms with Crippen molar-refractivity contribution in [3.63, 3.8) is 0 Å². The third-order valence-corrected chi connectivity index (χ3v) is 3.61. The molecule has 1 fully saturated rings. The number of carbonyl (C=O) groups is 3. The van der Waals surface area contributed by atoms with E-state index in [4.69, 9.17) is 4.74 Å². The first-order valence-electron chi connectivity index (χ1n) is 7.32. The fourth-order valence-corrected chi connectivity index (χ4v) is 2.50. The van der Waals surface area contributed by atoms with Gasteiger partial charge in [-0.3, -0.25) is 14.4 Å². The third-order valence-electron chi connectivity index (χ3n) is 3.61. The van der Waals surface area contributed by atoms with Crippen LogP contribution in [0.1, 0.15) is 18.9 Å². The van der Waals surface area contributed by atoms with Crippen LogP contribution in [0.2, 0.25) is 0 Å². The van der Waals surface area contributed by atoms with Crippen LogP contribution in [0, 0.1) is 12.8 Å². The molecule has 1 saturated heterocycles. The minimum atomic E-state index is -0.476. The molecule has 6 nitrogen and oxygen atoms in total. The van der Waals surface area contributed by atoms with E-state index in [1.807, 2.05) is 31.2 Å². The zero-order valence-corrected chi connectivity index (χ0v) is 12.8. The van der Waals surface area contributed by atoms with Crippen LogP contribution in [0.25, 0.3) is 0 Å². The van der Waals surface area contributed by atoms with Crippen molar-refractivity contribution in [2.24, 2.45) is 5.92 Å². The van der Waals surface area contributed by atoms with Crippen LogP contribution in [0.4, 0.5) is 5.69 Å². The smallest absolute Gasteiger partial charge is 0.325 e. The molecule has 1 aliphatic heterocycles. The van der Waals surface area contributed by atoms with Crippen molar-refractivity contribution in [3.8, 4) is 0 Å². The molecule has 1 atom stereocenters. The largest absolute Gasteiger partial charge is 0.465 e. The van der Waals surface area contributed by atoms with Gasteiger partial charge in [-0.05, 0) is 25.5 Å². The summed E-state index contributed by atoms with van der Waals surface area (Å²) in [7, 11) is 0. The van der Waals surface area contributed by atoms with Crippen molar-refractivity contribution in [1.82, 2.24) is 5.32 Å². The van der Waals surface area contributed by atoms with E-state index in [-0.39, 0.29) is 31.4 Å². The van der Waals surface area contributed by atoms with Crippen LogP contribution < -0.4 is 10.2 Å². The molecule has 1 heterocycles. The zero-order chi connectivity index (χ0) is 16.1. The van der Waals surface area contributed by atoms with E-state index in [2.05, 4.69) is 5.32 Å². The molecule has 0 saturated carbocycles. The Balaban J connectivity index is 1.96. The molecule has 2 rings (SSSR count). The highest BCUT2D eigenvalue weighted by Gasteiger charge is 2.35. The number of ether oxygens (including phenoxy) is 1. The molecular weight excluding hydrogens is 284 g/mol. The number of anilines is 1. The van der Waals surface area contributed by atoms with Gasteiger partial charge in [0.05, 0.1) is 12.5 Å². The molecule has 0 aliphatic carbocycles. The monoisotopic (exact) mass is 304 g/mol. The summed E-state index contributed by atoms with van der Waals surface area (Å²) in [5, 5.41) is 2.52. The highest BCUT2D eigenvalue weighted by Crippen LogP contribution is 2.27. The van der Waals surface area contributed by atoms with Gasteiger partial charge in [0.15, 0.2) is 0 Å². The molecule has 0 bridgehead atoms. The number of rotatable bonds is 5. The van der Waals surface area contributed by atoms with Crippen molar-refractivity contribution < 1.29 is 19.1 Å². The maximum Gasteiger partial charge on any atom is 0.325 e. The van der Waals surface area contributed by atoms with Crippen LogP contribution in [0.3, 0.4) is 0 Å². The highest BCUT2D eigenvalue weighted by atomic mass is 16.5. The van der Waals surface area contributed by atoms with Crippen LogP contribution >= 0.6 is 0 Å². The molecule has 0 aromatic heterocycles. The van der Waals surface area contributed by atoms with Crippen molar-refractivity contribution in [1.29, 1.82) is 0 Å². The first kappa shape index (κ1) is 16.0. The zero-order valence-electron chi connectivity index (χ0n) is 12.8. The lowest BCUT2D eigenvalue weighted by molar-refractivity contribution is -0.143. The molecule has 0 spiro atoms. The molecule has 0 unspecified atom stereocenters. The number of carbonyl (C=O) groups excluding carboxylic acids is 3. The standard InChI is InChI=1S/C16H20N2O4/c1-3-22-15(20)9-17-16(21)12-8-14(19)18(10-12)13-7-5-4-6-11(13)2/h4-7,12H,3,8-10H2,1-2H3,(H,17,21)/t12-/m1/s1. The molecule has 118 valence electrons. The van der Waals surface area contributed by atoms with E-state index in [1.165, 1.54) is 0 Å². The summed E-state index contributed by atoms with van der Waals surface area (Å²) in [6.07, 6.45) is 0.156. The predicted octanol–water partition coefficient (Wildman–Crippen LogP) is 1.03. The van der Waals surface area contributed by atoms with Crippen molar-refractivity contribution in [2.45, 2.75) is 20.3 Å². The van der Waals surface area contributed by atoms with Crippen LogP contribution in [-0.2, 0) is 19.1 Å². The van der Waals surface area contributed by atoms with Gasteiger partial charge in [0, 0.05) is 18.7 Å². The third kappa shape index (κ3) is 3.63. The van der Waals surface area contributed by atoms with Gasteiger partial charge in [-0.25, -0.2) is 0 Å². The van der Waals surface area contributed by atoms with Crippen molar-refractivity contribution in [2.75, 3.05) is 24.6 Å². The van der Waals surface area contributed by atoms with Gasteiger partial charge in [0.25, 0.3) is 0 Å². The van der Waals surface area contributed by atoms with Crippen molar-refractivity contribution in [3.05, 3.63) is 29.8 Å². The summed E-state index contributed by atoms with van der Waals surface area (Å²) in [5.74, 6) is -1.29. The summed E-state index contributed by atoms with van der Waals surface area (Å²) in [6.45, 7) is 4.07. The number of benzene rings is 1. The average Bonchev–Trinajstić information content (AvgIpc) is 2.87. The summed E-state index contributed by atoms with van der Waals surface area (Å²) in [4.78, 5) is 37.1. The van der Waals surface area contributed by atoms with Gasteiger partial charge in [0.2, 0.25) is 11.8 Å². The van der Waals surface area contributed by atoms with Gasteiger partial charge in [-0.1, -0.05) is 18.2 Å². The minimum absolute atomic E-state index is 0.0782. The van der Waals surface area contributed by atoms with Gasteiger partial charge < -0.3 is 15.0 Å². The van der Waals surface area contributed by atoms with Gasteiger partial charge in [0.1, 0.15) is 6.54 Å². The van der Waals surface area contributed by atoms with Gasteiger partial charge in [-0.15, -0.1) is 0 Å². The Labute approximate surface area is 129 Å². The maximum absolute atomic E-state index is 12.1. The number of esters is 1. The fraction of sp³-hybridized carbons (Fsp3) is 0.438. The summed E-state index contributed by atoms with van der Waals surface area (Å²) < 4.78 is 4.75. The molecule has 0 radical (unpaired) electrons. The first-order valence-corrected chi connectivity index (χ1v) is 7.32. The lowest BCUT2D eigenvalue weighted by atomic mass is 10.1. The van der Waals surface area contributed by atoms with E-state index in [9.17, 15) is 14.4 Å². The van der Waals surface area contributed by atoms with Crippen LogP contribution in [-0.4, -0.2) is 37.5 Å². The van der Waals surface area contributed by atoms with Crippen LogP contribution in [0.15, 0.2) is 24.3 Å². The van der Waals surface area contributed by atoms with E-state index in [0.29, 0.717) is 6.54 Å². The molecule has 1 aliphatic rings.